The minimum Gasteiger partial charge on any atom is -0.485 e. The number of carbonyl (C=O) groups excluding carboxylic acids is 4. The normalized spacial score (nSPS) is 12.9. The molecule has 0 fully saturated rings. The van der Waals surface area contributed by atoms with E-state index in [9.17, 15) is 19.2 Å². The van der Waals surface area contributed by atoms with Gasteiger partial charge in [0.05, 0.1) is 26.4 Å². The summed E-state index contributed by atoms with van der Waals surface area (Å²) in [6.45, 7) is 6.11. The van der Waals surface area contributed by atoms with E-state index >= 15 is 0 Å². The van der Waals surface area contributed by atoms with E-state index in [0.29, 0.717) is 0 Å². The van der Waals surface area contributed by atoms with Crippen LogP contribution in [0.3, 0.4) is 0 Å². The topological polar surface area (TPSA) is 132 Å². The Labute approximate surface area is 215 Å². The van der Waals surface area contributed by atoms with Crippen LogP contribution in [0.1, 0.15) is 26.3 Å². The lowest BCUT2D eigenvalue weighted by atomic mass is 10.1. The minimum atomic E-state index is -0.809. The summed E-state index contributed by atoms with van der Waals surface area (Å²) in [5.74, 6) is 2.69. The molecule has 37 heavy (non-hydrogen) atoms. The van der Waals surface area contributed by atoms with Gasteiger partial charge < -0.3 is 24.3 Å². The smallest absolute Gasteiger partial charge is 0.426 e. The van der Waals surface area contributed by atoms with E-state index in [-0.39, 0.29) is 56.6 Å². The van der Waals surface area contributed by atoms with Crippen LogP contribution in [0.5, 0.6) is 0 Å². The van der Waals surface area contributed by atoms with Crippen molar-refractivity contribution in [3.63, 3.8) is 0 Å². The molecule has 1 aliphatic rings. The molecule has 11 nitrogen and oxygen atoms in total. The van der Waals surface area contributed by atoms with Gasteiger partial charge in [-0.05, 0) is 32.4 Å². The highest BCUT2D eigenvalue weighted by Crippen LogP contribution is 2.25. The molecule has 1 aromatic carbocycles. The second-order valence-electron chi connectivity index (χ2n) is 8.53. The molecule has 1 heterocycles. The van der Waals surface area contributed by atoms with E-state index < -0.39 is 17.6 Å². The fourth-order valence-electron chi connectivity index (χ4n) is 2.91. The van der Waals surface area contributed by atoms with Gasteiger partial charge in [-0.3, -0.25) is 4.79 Å². The minimum absolute atomic E-state index is 0.00101. The van der Waals surface area contributed by atoms with Crippen molar-refractivity contribution < 1.29 is 38.1 Å². The Morgan fingerprint density at radius 3 is 2.46 bits per heavy atom. The maximum atomic E-state index is 13.2. The Morgan fingerprint density at radius 1 is 1.05 bits per heavy atom. The van der Waals surface area contributed by atoms with Crippen molar-refractivity contribution >= 4 is 23.9 Å². The first-order valence-electron chi connectivity index (χ1n) is 11.5. The maximum absolute atomic E-state index is 13.2. The van der Waals surface area contributed by atoms with Crippen LogP contribution in [-0.4, -0.2) is 67.5 Å². The first kappa shape index (κ1) is 29.1. The van der Waals surface area contributed by atoms with Crippen molar-refractivity contribution in [1.29, 1.82) is 0 Å². The summed E-state index contributed by atoms with van der Waals surface area (Å²) in [6.07, 6.45) is 3.10. The number of allylic oxidation sites excluding steroid dienone is 1. The second-order valence-corrected chi connectivity index (χ2v) is 8.53. The number of ether oxygens (including phenoxy) is 4. The van der Waals surface area contributed by atoms with Crippen molar-refractivity contribution in [2.24, 2.45) is 0 Å². The molecule has 0 saturated heterocycles. The third-order valence-electron chi connectivity index (χ3n) is 4.44. The molecule has 0 aliphatic carbocycles. The van der Waals surface area contributed by atoms with Gasteiger partial charge in [-0.25, -0.2) is 24.8 Å². The molecule has 1 aromatic rings. The largest absolute Gasteiger partial charge is 0.485 e. The molecule has 0 bridgehead atoms. The van der Waals surface area contributed by atoms with E-state index in [1.54, 1.807) is 32.7 Å². The lowest BCUT2D eigenvalue weighted by Gasteiger charge is -2.29. The zero-order valence-corrected chi connectivity index (χ0v) is 21.1. The van der Waals surface area contributed by atoms with Gasteiger partial charge in [0.15, 0.2) is 11.5 Å². The highest BCUT2D eigenvalue weighted by atomic mass is 16.6. The van der Waals surface area contributed by atoms with Gasteiger partial charge >= 0.3 is 6.09 Å². The number of rotatable bonds is 13. The average molecular weight is 514 g/mol. The second kappa shape index (κ2) is 15.1. The first-order valence-corrected chi connectivity index (χ1v) is 11.5. The molecule has 0 spiro atoms. The fourth-order valence-corrected chi connectivity index (χ4v) is 2.91. The molecule has 0 radical (unpaired) electrons. The molecule has 0 aromatic heterocycles. The molecule has 11 heteroatoms. The highest BCUT2D eigenvalue weighted by Gasteiger charge is 2.30. The van der Waals surface area contributed by atoms with E-state index in [1.165, 1.54) is 18.4 Å². The number of benzene rings is 1. The lowest BCUT2D eigenvalue weighted by Crippen LogP contribution is -2.47. The first-order chi connectivity index (χ1) is 17.7. The predicted octanol–water partition coefficient (Wildman–Crippen LogP) is 1.98. The third-order valence-corrected chi connectivity index (χ3v) is 4.44. The van der Waals surface area contributed by atoms with Crippen molar-refractivity contribution in [1.82, 2.24) is 15.8 Å². The van der Waals surface area contributed by atoms with Gasteiger partial charge in [0.2, 0.25) is 0 Å². The average Bonchev–Trinajstić information content (AvgIpc) is 2.85. The van der Waals surface area contributed by atoms with Gasteiger partial charge in [-0.2, -0.15) is 0 Å². The zero-order chi connectivity index (χ0) is 27.1. The van der Waals surface area contributed by atoms with Gasteiger partial charge in [0.1, 0.15) is 29.7 Å². The summed E-state index contributed by atoms with van der Waals surface area (Å²) in [6, 6.07) is 9.17. The Morgan fingerprint density at radius 2 is 1.78 bits per heavy atom. The van der Waals surface area contributed by atoms with Crippen LogP contribution in [0.15, 0.2) is 65.7 Å². The zero-order valence-electron chi connectivity index (χ0n) is 21.1. The molecular weight excluding hydrogens is 482 g/mol. The molecule has 2 rings (SSSR count). The van der Waals surface area contributed by atoms with Crippen LogP contribution in [0.25, 0.3) is 0 Å². The van der Waals surface area contributed by atoms with E-state index in [1.807, 2.05) is 30.3 Å². The molecule has 0 saturated carbocycles. The van der Waals surface area contributed by atoms with Crippen LogP contribution in [0, 0.1) is 0 Å². The van der Waals surface area contributed by atoms with Crippen LogP contribution in [-0.2, 0) is 39.9 Å². The SMILES string of the molecule is CC(C)(C)OC(=O)NN1C=CC(=C=O)C(OCc2ccccc2)=C1C(=O)NCCOCCOCC=C=O. The molecule has 2 amide bonds. The Bertz CT molecular complexity index is 1080. The van der Waals surface area contributed by atoms with Crippen molar-refractivity contribution in [3.8, 4) is 0 Å². The lowest BCUT2D eigenvalue weighted by molar-refractivity contribution is -0.119. The number of hydrazine groups is 1. The number of nitrogens with one attached hydrogen (secondary N) is 2. The number of carbonyl (C=O) groups is 2. The standard InChI is InChI=1S/C26H31N3O8/c1-26(2,3)37-25(33)28-29-12-10-21(18-31)23(36-19-20-8-5-4-6-9-20)22(29)24(32)27-11-15-35-17-16-34-14-7-13-30/h4-10,12H,11,14-17,19H2,1-3H3,(H,27,32)(H,28,33). The molecule has 0 unspecified atom stereocenters. The molecule has 2 N–H and O–H groups in total. The summed E-state index contributed by atoms with van der Waals surface area (Å²) < 4.78 is 21.7. The Kier molecular flexibility index (Phi) is 11.9. The van der Waals surface area contributed by atoms with Crippen molar-refractivity contribution in [2.45, 2.75) is 33.0 Å². The van der Waals surface area contributed by atoms with Gasteiger partial charge in [0.25, 0.3) is 5.91 Å². The quantitative estimate of drug-likeness (QED) is 0.300. The molecule has 1 aliphatic heterocycles. The Hall–Kier alpha value is -4.14. The van der Waals surface area contributed by atoms with Crippen molar-refractivity contribution in [2.75, 3.05) is 33.0 Å². The summed E-state index contributed by atoms with van der Waals surface area (Å²) >= 11 is 0. The van der Waals surface area contributed by atoms with E-state index in [0.717, 1.165) is 10.6 Å². The predicted molar refractivity (Wildman–Crippen MR) is 133 cm³/mol. The fraction of sp³-hybridized carbons (Fsp3) is 0.385. The van der Waals surface area contributed by atoms with Crippen LogP contribution >= 0.6 is 0 Å². The molecular formula is C26H31N3O8. The van der Waals surface area contributed by atoms with Gasteiger partial charge in [0, 0.05) is 18.8 Å². The van der Waals surface area contributed by atoms with Crippen LogP contribution < -0.4 is 10.7 Å². The van der Waals surface area contributed by atoms with Crippen LogP contribution in [0.2, 0.25) is 0 Å². The van der Waals surface area contributed by atoms with E-state index in [4.69, 9.17) is 18.9 Å². The third kappa shape index (κ3) is 10.6. The summed E-state index contributed by atoms with van der Waals surface area (Å²) in [5.41, 5.74) is 2.38. The van der Waals surface area contributed by atoms with Gasteiger partial charge in [-0.1, -0.05) is 30.3 Å². The summed E-state index contributed by atoms with van der Waals surface area (Å²) in [4.78, 5) is 47.3. The monoisotopic (exact) mass is 513 g/mol. The van der Waals surface area contributed by atoms with Gasteiger partial charge in [-0.15, -0.1) is 0 Å². The number of nitrogens with zero attached hydrogens (tertiary/aromatic N) is 1. The highest BCUT2D eigenvalue weighted by molar-refractivity contribution is 5.96. The maximum Gasteiger partial charge on any atom is 0.426 e. The Balaban J connectivity index is 2.14. The summed E-state index contributed by atoms with van der Waals surface area (Å²) in [7, 11) is 0. The molecule has 198 valence electrons. The number of hydrogen-bond acceptors (Lipinski definition) is 9. The van der Waals surface area contributed by atoms with Crippen molar-refractivity contribution in [3.05, 3.63) is 71.3 Å². The number of amides is 2. The van der Waals surface area contributed by atoms with Crippen LogP contribution in [0.4, 0.5) is 4.79 Å². The summed E-state index contributed by atoms with van der Waals surface area (Å²) in [5, 5.41) is 3.80. The molecule has 0 atom stereocenters. The number of hydrogen-bond donors (Lipinski definition) is 2. The van der Waals surface area contributed by atoms with E-state index in [2.05, 4.69) is 10.7 Å².